The topological polar surface area (TPSA) is 96.3 Å². The van der Waals surface area contributed by atoms with Gasteiger partial charge in [-0.1, -0.05) is 11.3 Å². The van der Waals surface area contributed by atoms with Crippen LogP contribution in [0.3, 0.4) is 0 Å². The molecule has 2 aromatic rings. The van der Waals surface area contributed by atoms with E-state index in [0.717, 1.165) is 25.0 Å². The Morgan fingerprint density at radius 3 is 2.68 bits per heavy atom. The molecular formula is C23H23F4N5O2. The summed E-state index contributed by atoms with van der Waals surface area (Å²) in [6.45, 7) is 0.925. The van der Waals surface area contributed by atoms with E-state index < -0.39 is 28.8 Å². The van der Waals surface area contributed by atoms with Crippen LogP contribution in [0.4, 0.5) is 17.6 Å². The average Bonchev–Trinajstić information content (AvgIpc) is 2.74. The Morgan fingerprint density at radius 1 is 1.18 bits per heavy atom. The van der Waals surface area contributed by atoms with Crippen LogP contribution in [0.2, 0.25) is 0 Å². The Hall–Kier alpha value is -2.89. The van der Waals surface area contributed by atoms with Crippen LogP contribution in [0.5, 0.6) is 0 Å². The minimum atomic E-state index is -4.65. The zero-order chi connectivity index (χ0) is 24.1. The molecule has 3 heterocycles. The van der Waals surface area contributed by atoms with Crippen molar-refractivity contribution in [3.05, 3.63) is 76.5 Å². The Kier molecular flexibility index (Phi) is 5.45. The number of benzene rings is 1. The van der Waals surface area contributed by atoms with Crippen molar-refractivity contribution in [1.29, 1.82) is 0 Å². The Balaban J connectivity index is 1.55. The third-order valence-corrected chi connectivity index (χ3v) is 6.62. The summed E-state index contributed by atoms with van der Waals surface area (Å²) >= 11 is 0. The highest BCUT2D eigenvalue weighted by molar-refractivity contribution is 5.41. The first-order valence-electron chi connectivity index (χ1n) is 10.9. The Bertz CT molecular complexity index is 1160. The molecular weight excluding hydrogens is 454 g/mol. The number of pyridine rings is 1. The maximum Gasteiger partial charge on any atom is 0.416 e. The average molecular weight is 477 g/mol. The first kappa shape index (κ1) is 22.9. The van der Waals surface area contributed by atoms with Gasteiger partial charge in [-0.3, -0.25) is 10.7 Å². The molecule has 34 heavy (non-hydrogen) atoms. The molecule has 180 valence electrons. The van der Waals surface area contributed by atoms with Gasteiger partial charge in [0.25, 0.3) is 0 Å². The summed E-state index contributed by atoms with van der Waals surface area (Å²) < 4.78 is 58.6. The number of hydrogen-bond donors (Lipinski definition) is 2. The van der Waals surface area contributed by atoms with E-state index in [1.807, 2.05) is 6.08 Å². The van der Waals surface area contributed by atoms with Gasteiger partial charge in [0.1, 0.15) is 17.3 Å². The van der Waals surface area contributed by atoms with Crippen molar-refractivity contribution in [1.82, 2.24) is 9.99 Å². The van der Waals surface area contributed by atoms with Crippen LogP contribution < -0.4 is 5.73 Å². The fourth-order valence-electron chi connectivity index (χ4n) is 4.87. The van der Waals surface area contributed by atoms with E-state index in [1.165, 1.54) is 6.20 Å². The van der Waals surface area contributed by atoms with Crippen LogP contribution in [-0.4, -0.2) is 40.2 Å². The standard InChI is InChI=1S/C23H23F4N5O2/c24-17-9-15(8-16(11-17)22(25,26)27)7-14-4-6-29-19(10-14)21-5-2-1-3-20(21)32(18-12-34-13-18)31-30-23(21,28)33/h3-4,6,8-11,18,33H,1-2,5,7,12-13,28H2. The number of nitrogens with two attached hydrogens (primary N) is 1. The molecule has 2 atom stereocenters. The summed E-state index contributed by atoms with van der Waals surface area (Å²) in [5.74, 6) is -3.04. The van der Waals surface area contributed by atoms with Crippen molar-refractivity contribution in [2.24, 2.45) is 16.1 Å². The van der Waals surface area contributed by atoms with Crippen molar-refractivity contribution in [3.8, 4) is 0 Å². The van der Waals surface area contributed by atoms with Gasteiger partial charge in [0.15, 0.2) is 0 Å². The molecule has 1 aliphatic carbocycles. The number of aliphatic hydroxyl groups is 1. The quantitative estimate of drug-likeness (QED) is 0.516. The molecule has 1 aromatic heterocycles. The first-order chi connectivity index (χ1) is 16.1. The van der Waals surface area contributed by atoms with Crippen LogP contribution in [0.15, 0.2) is 58.6 Å². The molecule has 5 rings (SSSR count). The maximum atomic E-state index is 13.9. The number of fused-ring (bicyclic) bond motifs is 1. The predicted molar refractivity (Wildman–Crippen MR) is 112 cm³/mol. The monoisotopic (exact) mass is 477 g/mol. The van der Waals surface area contributed by atoms with Crippen molar-refractivity contribution < 1.29 is 27.4 Å². The summed E-state index contributed by atoms with van der Waals surface area (Å²) in [6.07, 6.45) is 0.787. The number of halogens is 4. The molecule has 2 aliphatic heterocycles. The fraction of sp³-hybridized carbons (Fsp3) is 0.435. The van der Waals surface area contributed by atoms with Gasteiger partial charge < -0.3 is 9.84 Å². The van der Waals surface area contributed by atoms with Gasteiger partial charge in [0.05, 0.1) is 30.2 Å². The molecule has 0 spiro atoms. The van der Waals surface area contributed by atoms with Gasteiger partial charge in [0, 0.05) is 6.20 Å². The summed E-state index contributed by atoms with van der Waals surface area (Å²) in [5.41, 5.74) is 5.93. The number of hydrogen-bond acceptors (Lipinski definition) is 7. The second kappa shape index (κ2) is 8.10. The maximum absolute atomic E-state index is 13.9. The Morgan fingerprint density at radius 2 is 1.97 bits per heavy atom. The van der Waals surface area contributed by atoms with Crippen LogP contribution in [-0.2, 0) is 22.7 Å². The fourth-order valence-corrected chi connectivity index (χ4v) is 4.87. The van der Waals surface area contributed by atoms with E-state index in [2.05, 4.69) is 15.3 Å². The van der Waals surface area contributed by atoms with Crippen LogP contribution >= 0.6 is 0 Å². The largest absolute Gasteiger partial charge is 0.416 e. The van der Waals surface area contributed by atoms with Gasteiger partial charge in [-0.25, -0.2) is 9.40 Å². The second-order valence-electron chi connectivity index (χ2n) is 8.91. The lowest BCUT2D eigenvalue weighted by Crippen LogP contribution is -2.65. The number of alkyl halides is 3. The van der Waals surface area contributed by atoms with Gasteiger partial charge in [0.2, 0.25) is 5.85 Å². The minimum Gasteiger partial charge on any atom is -0.377 e. The lowest BCUT2D eigenvalue weighted by Gasteiger charge is -2.52. The SMILES string of the molecule is NC1(O)N=NN(C2COC2)C2=CCCCC21c1cc(Cc2cc(F)cc(C(F)(F)F)c2)ccn1. The van der Waals surface area contributed by atoms with Crippen LogP contribution in [0.25, 0.3) is 0 Å². The van der Waals surface area contributed by atoms with Gasteiger partial charge in [-0.15, -0.1) is 5.11 Å². The van der Waals surface area contributed by atoms with E-state index in [-0.39, 0.29) is 18.0 Å². The summed E-state index contributed by atoms with van der Waals surface area (Å²) in [6, 6.07) is 5.76. The van der Waals surface area contributed by atoms with E-state index in [0.29, 0.717) is 42.7 Å². The van der Waals surface area contributed by atoms with E-state index in [9.17, 15) is 22.7 Å². The molecule has 11 heteroatoms. The van der Waals surface area contributed by atoms with Gasteiger partial charge in [-0.05, 0) is 67.1 Å². The predicted octanol–water partition coefficient (Wildman–Crippen LogP) is 3.82. The normalized spacial score (nSPS) is 27.2. The van der Waals surface area contributed by atoms with Crippen molar-refractivity contribution in [3.63, 3.8) is 0 Å². The summed E-state index contributed by atoms with van der Waals surface area (Å²) in [5, 5.41) is 21.1. The highest BCUT2D eigenvalue weighted by Crippen LogP contribution is 2.51. The summed E-state index contributed by atoms with van der Waals surface area (Å²) in [7, 11) is 0. The molecule has 3 aliphatic rings. The lowest BCUT2D eigenvalue weighted by atomic mass is 9.68. The molecule has 1 saturated heterocycles. The van der Waals surface area contributed by atoms with Crippen molar-refractivity contribution >= 4 is 0 Å². The van der Waals surface area contributed by atoms with Crippen molar-refractivity contribution in [2.45, 2.75) is 49.2 Å². The van der Waals surface area contributed by atoms with E-state index in [4.69, 9.17) is 10.5 Å². The molecule has 3 N–H and O–H groups in total. The minimum absolute atomic E-state index is 0.0379. The van der Waals surface area contributed by atoms with E-state index in [1.54, 1.807) is 17.1 Å². The molecule has 1 aromatic carbocycles. The third-order valence-electron chi connectivity index (χ3n) is 6.62. The van der Waals surface area contributed by atoms with E-state index >= 15 is 0 Å². The Labute approximate surface area is 192 Å². The van der Waals surface area contributed by atoms with Gasteiger partial charge >= 0.3 is 6.18 Å². The molecule has 0 bridgehead atoms. The molecule has 2 unspecified atom stereocenters. The highest BCUT2D eigenvalue weighted by atomic mass is 19.4. The zero-order valence-electron chi connectivity index (χ0n) is 18.1. The highest BCUT2D eigenvalue weighted by Gasteiger charge is 2.59. The van der Waals surface area contributed by atoms with Crippen LogP contribution in [0.1, 0.15) is 41.6 Å². The number of aromatic nitrogens is 1. The number of ether oxygens (including phenoxy) is 1. The number of rotatable bonds is 4. The molecule has 0 radical (unpaired) electrons. The lowest BCUT2D eigenvalue weighted by molar-refractivity contribution is -0.137. The smallest absolute Gasteiger partial charge is 0.377 e. The molecule has 0 saturated carbocycles. The molecule has 1 fully saturated rings. The number of allylic oxidation sites excluding steroid dienone is 1. The third kappa shape index (κ3) is 3.77. The van der Waals surface area contributed by atoms with Crippen LogP contribution in [0, 0.1) is 5.82 Å². The first-order valence-corrected chi connectivity index (χ1v) is 10.9. The van der Waals surface area contributed by atoms with Gasteiger partial charge in [-0.2, -0.15) is 13.2 Å². The molecule has 7 nitrogen and oxygen atoms in total. The number of nitrogens with zero attached hydrogens (tertiary/aromatic N) is 4. The summed E-state index contributed by atoms with van der Waals surface area (Å²) in [4.78, 5) is 4.49. The molecule has 0 amide bonds. The zero-order valence-corrected chi connectivity index (χ0v) is 18.1. The second-order valence-corrected chi connectivity index (χ2v) is 8.91. The van der Waals surface area contributed by atoms with Crippen molar-refractivity contribution in [2.75, 3.05) is 13.2 Å².